The van der Waals surface area contributed by atoms with Crippen molar-refractivity contribution >= 4 is 0 Å². The lowest BCUT2D eigenvalue weighted by atomic mass is 9.74. The van der Waals surface area contributed by atoms with E-state index in [0.717, 1.165) is 24.8 Å². The lowest BCUT2D eigenvalue weighted by Gasteiger charge is -2.37. The van der Waals surface area contributed by atoms with Gasteiger partial charge >= 0.3 is 0 Å². The third kappa shape index (κ3) is 2.23. The van der Waals surface area contributed by atoms with Crippen LogP contribution in [0.3, 0.4) is 0 Å². The zero-order valence-electron chi connectivity index (χ0n) is 9.45. The first-order chi connectivity index (χ1) is 7.24. The molecule has 1 nitrogen and oxygen atoms in total. The summed E-state index contributed by atoms with van der Waals surface area (Å²) in [6.07, 6.45) is 5.49. The van der Waals surface area contributed by atoms with Gasteiger partial charge in [-0.2, -0.15) is 0 Å². The van der Waals surface area contributed by atoms with Gasteiger partial charge in [-0.25, -0.2) is 0 Å². The molecule has 0 aromatic heterocycles. The Labute approximate surface area is 92.1 Å². The van der Waals surface area contributed by atoms with E-state index in [9.17, 15) is 5.11 Å². The smallest absolute Gasteiger partial charge is 0.0899 e. The molecule has 1 aromatic rings. The van der Waals surface area contributed by atoms with Crippen LogP contribution in [0.5, 0.6) is 0 Å². The summed E-state index contributed by atoms with van der Waals surface area (Å²) in [5.41, 5.74) is 0.545. The molecule has 2 unspecified atom stereocenters. The van der Waals surface area contributed by atoms with Crippen molar-refractivity contribution in [3.8, 4) is 0 Å². The molecular formula is C14H20O. The highest BCUT2D eigenvalue weighted by atomic mass is 16.3. The normalized spacial score (nSPS) is 31.5. The Hall–Kier alpha value is -0.820. The molecule has 0 bridgehead atoms. The van der Waals surface area contributed by atoms with Gasteiger partial charge in [-0.05, 0) is 30.7 Å². The summed E-state index contributed by atoms with van der Waals surface area (Å²) in [4.78, 5) is 0. The second-order valence-corrected chi connectivity index (χ2v) is 4.77. The molecule has 1 aliphatic carbocycles. The van der Waals surface area contributed by atoms with Crippen molar-refractivity contribution in [2.75, 3.05) is 0 Å². The van der Waals surface area contributed by atoms with Crippen molar-refractivity contribution in [3.63, 3.8) is 0 Å². The minimum absolute atomic E-state index is 0.555. The molecule has 1 aliphatic rings. The zero-order chi connectivity index (χ0) is 10.7. The van der Waals surface area contributed by atoms with Crippen LogP contribution in [0, 0.1) is 5.92 Å². The van der Waals surface area contributed by atoms with E-state index in [-0.39, 0.29) is 0 Å². The predicted octanol–water partition coefficient (Wildman–Crippen LogP) is 3.47. The van der Waals surface area contributed by atoms with E-state index in [0.29, 0.717) is 5.92 Å². The monoisotopic (exact) mass is 204 g/mol. The lowest BCUT2D eigenvalue weighted by Crippen LogP contribution is -2.32. The number of hydrogen-bond donors (Lipinski definition) is 1. The summed E-state index contributed by atoms with van der Waals surface area (Å²) in [5, 5.41) is 10.6. The first kappa shape index (κ1) is 10.7. The van der Waals surface area contributed by atoms with E-state index in [2.05, 4.69) is 19.1 Å². The fraction of sp³-hybridized carbons (Fsp3) is 0.571. The van der Waals surface area contributed by atoms with Gasteiger partial charge in [0.1, 0.15) is 0 Å². The predicted molar refractivity (Wildman–Crippen MR) is 62.6 cm³/mol. The van der Waals surface area contributed by atoms with Crippen LogP contribution in [0.25, 0.3) is 0 Å². The Morgan fingerprint density at radius 3 is 2.73 bits per heavy atom. The molecule has 0 aliphatic heterocycles. The van der Waals surface area contributed by atoms with Crippen molar-refractivity contribution in [1.29, 1.82) is 0 Å². The van der Waals surface area contributed by atoms with Gasteiger partial charge in [-0.15, -0.1) is 0 Å². The van der Waals surface area contributed by atoms with Crippen molar-refractivity contribution in [1.82, 2.24) is 0 Å². The van der Waals surface area contributed by atoms with Crippen molar-refractivity contribution in [3.05, 3.63) is 35.9 Å². The van der Waals surface area contributed by atoms with Crippen LogP contribution in [0.1, 0.15) is 44.6 Å². The summed E-state index contributed by atoms with van der Waals surface area (Å²) in [7, 11) is 0. The zero-order valence-corrected chi connectivity index (χ0v) is 9.45. The molecule has 0 saturated heterocycles. The van der Waals surface area contributed by atoms with Gasteiger partial charge in [0.2, 0.25) is 0 Å². The molecule has 2 atom stereocenters. The van der Waals surface area contributed by atoms with Gasteiger partial charge in [0.15, 0.2) is 0 Å². The Morgan fingerprint density at radius 1 is 1.33 bits per heavy atom. The van der Waals surface area contributed by atoms with Gasteiger partial charge in [-0.1, -0.05) is 50.1 Å². The first-order valence-electron chi connectivity index (χ1n) is 6.02. The highest BCUT2D eigenvalue weighted by Crippen LogP contribution is 2.40. The van der Waals surface area contributed by atoms with Crippen LogP contribution in [0.15, 0.2) is 30.3 Å². The maximum atomic E-state index is 10.6. The number of rotatable bonds is 2. The van der Waals surface area contributed by atoms with E-state index >= 15 is 0 Å². The van der Waals surface area contributed by atoms with Gasteiger partial charge in [0.25, 0.3) is 0 Å². The van der Waals surface area contributed by atoms with Crippen molar-refractivity contribution < 1.29 is 5.11 Å². The number of aliphatic hydroxyl groups is 1. The third-order valence-corrected chi connectivity index (χ3v) is 3.72. The molecule has 0 radical (unpaired) electrons. The Kier molecular flexibility index (Phi) is 3.11. The van der Waals surface area contributed by atoms with Gasteiger partial charge in [-0.3, -0.25) is 0 Å². The lowest BCUT2D eigenvalue weighted by molar-refractivity contribution is -0.0217. The summed E-state index contributed by atoms with van der Waals surface area (Å²) >= 11 is 0. The maximum Gasteiger partial charge on any atom is 0.0899 e. The fourth-order valence-corrected chi connectivity index (χ4v) is 2.72. The van der Waals surface area contributed by atoms with Crippen LogP contribution in [0.4, 0.5) is 0 Å². The molecule has 1 N–H and O–H groups in total. The molecular weight excluding hydrogens is 184 g/mol. The average molecular weight is 204 g/mol. The molecule has 1 fully saturated rings. The Morgan fingerprint density at radius 2 is 2.07 bits per heavy atom. The second-order valence-electron chi connectivity index (χ2n) is 4.77. The largest absolute Gasteiger partial charge is 0.385 e. The van der Waals surface area contributed by atoms with Gasteiger partial charge in [0, 0.05) is 0 Å². The Bertz CT molecular complexity index is 306. The molecule has 82 valence electrons. The van der Waals surface area contributed by atoms with E-state index in [1.165, 1.54) is 12.8 Å². The van der Waals surface area contributed by atoms with E-state index in [4.69, 9.17) is 0 Å². The minimum Gasteiger partial charge on any atom is -0.385 e. The van der Waals surface area contributed by atoms with Crippen molar-refractivity contribution in [2.45, 2.75) is 44.6 Å². The molecule has 0 spiro atoms. The highest BCUT2D eigenvalue weighted by Gasteiger charge is 2.34. The Balaban J connectivity index is 2.19. The molecule has 1 aromatic carbocycles. The SMILES string of the molecule is CCC1CCCC(O)(c2ccccc2)C1. The van der Waals surface area contributed by atoms with Gasteiger partial charge in [0.05, 0.1) is 5.60 Å². The maximum absolute atomic E-state index is 10.6. The highest BCUT2D eigenvalue weighted by molar-refractivity contribution is 5.22. The molecule has 0 heterocycles. The topological polar surface area (TPSA) is 20.2 Å². The summed E-state index contributed by atoms with van der Waals surface area (Å²) < 4.78 is 0. The summed E-state index contributed by atoms with van der Waals surface area (Å²) in [6.45, 7) is 2.22. The minimum atomic E-state index is -0.555. The molecule has 1 saturated carbocycles. The quantitative estimate of drug-likeness (QED) is 0.782. The molecule has 2 rings (SSSR count). The van der Waals surface area contributed by atoms with Crippen molar-refractivity contribution in [2.24, 2.45) is 5.92 Å². The fourth-order valence-electron chi connectivity index (χ4n) is 2.72. The molecule has 0 amide bonds. The summed E-state index contributed by atoms with van der Waals surface area (Å²) in [6, 6.07) is 10.1. The molecule has 1 heteroatoms. The van der Waals surface area contributed by atoms with Gasteiger partial charge < -0.3 is 5.11 Å². The van der Waals surface area contributed by atoms with Crippen LogP contribution in [0.2, 0.25) is 0 Å². The van der Waals surface area contributed by atoms with Crippen LogP contribution >= 0.6 is 0 Å². The second kappa shape index (κ2) is 4.36. The van der Waals surface area contributed by atoms with E-state index in [1.807, 2.05) is 18.2 Å². The number of hydrogen-bond acceptors (Lipinski definition) is 1. The number of benzene rings is 1. The average Bonchev–Trinajstić information content (AvgIpc) is 2.30. The molecule has 15 heavy (non-hydrogen) atoms. The van der Waals surface area contributed by atoms with E-state index < -0.39 is 5.60 Å². The summed E-state index contributed by atoms with van der Waals surface area (Å²) in [5.74, 6) is 0.698. The standard InChI is InChI=1S/C14H20O/c1-2-12-7-6-10-14(15,11-12)13-8-4-3-5-9-13/h3-5,8-9,12,15H,2,6-7,10-11H2,1H3. The first-order valence-corrected chi connectivity index (χ1v) is 6.02. The van der Waals surface area contributed by atoms with Crippen LogP contribution in [-0.4, -0.2) is 5.11 Å². The van der Waals surface area contributed by atoms with Crippen LogP contribution in [-0.2, 0) is 5.60 Å². The van der Waals surface area contributed by atoms with E-state index in [1.54, 1.807) is 0 Å². The van der Waals surface area contributed by atoms with Crippen LogP contribution < -0.4 is 0 Å². The third-order valence-electron chi connectivity index (χ3n) is 3.72.